The van der Waals surface area contributed by atoms with Crippen LogP contribution < -0.4 is 10.9 Å². The lowest BCUT2D eigenvalue weighted by Gasteiger charge is -2.08. The van der Waals surface area contributed by atoms with E-state index in [2.05, 4.69) is 10.3 Å². The molecule has 0 aliphatic heterocycles. The summed E-state index contributed by atoms with van der Waals surface area (Å²) in [6.45, 7) is 0.374. The third-order valence-electron chi connectivity index (χ3n) is 3.37. The number of amides is 1. The predicted molar refractivity (Wildman–Crippen MR) is 95.7 cm³/mol. The van der Waals surface area contributed by atoms with Gasteiger partial charge in [0.25, 0.3) is 11.5 Å². The molecule has 1 aromatic heterocycles. The predicted octanol–water partition coefficient (Wildman–Crippen LogP) is 2.97. The van der Waals surface area contributed by atoms with E-state index in [-0.39, 0.29) is 23.5 Å². The zero-order valence-electron chi connectivity index (χ0n) is 12.8. The minimum absolute atomic E-state index is 0. The normalized spacial score (nSPS) is 9.83. The van der Waals surface area contributed by atoms with Gasteiger partial charge >= 0.3 is 0 Å². The van der Waals surface area contributed by atoms with Crippen LogP contribution in [0.4, 0.5) is 5.69 Å². The third-order valence-corrected chi connectivity index (χ3v) is 3.37. The standard InChI is InChI=1S/C18H15N3O2.ClH/c22-17(20-15-9-5-2-6-10-15)16-11-19-13-21(18(16)23)12-14-7-3-1-4-8-14;/h1-11,13H,12H2,(H,20,22);1H. The van der Waals surface area contributed by atoms with Gasteiger partial charge in [0.05, 0.1) is 12.9 Å². The number of halogens is 1. The molecule has 0 bridgehead atoms. The second-order valence-corrected chi connectivity index (χ2v) is 5.05. The van der Waals surface area contributed by atoms with E-state index < -0.39 is 5.91 Å². The van der Waals surface area contributed by atoms with Gasteiger partial charge in [0.1, 0.15) is 5.56 Å². The first-order chi connectivity index (χ1) is 11.2. The number of carbonyl (C=O) groups excluding carboxylic acids is 1. The Kier molecular flexibility index (Phi) is 5.87. The van der Waals surface area contributed by atoms with Crippen LogP contribution in [0.25, 0.3) is 0 Å². The quantitative estimate of drug-likeness (QED) is 0.793. The molecule has 0 unspecified atom stereocenters. The summed E-state index contributed by atoms with van der Waals surface area (Å²) in [7, 11) is 0. The number of nitrogens with one attached hydrogen (secondary N) is 1. The molecule has 122 valence electrons. The van der Waals surface area contributed by atoms with Crippen molar-refractivity contribution in [1.82, 2.24) is 9.55 Å². The molecule has 6 heteroatoms. The zero-order valence-corrected chi connectivity index (χ0v) is 13.6. The molecule has 1 N–H and O–H groups in total. The first-order valence-electron chi connectivity index (χ1n) is 7.19. The van der Waals surface area contributed by atoms with E-state index in [4.69, 9.17) is 0 Å². The summed E-state index contributed by atoms with van der Waals surface area (Å²) in [6.07, 6.45) is 2.73. The lowest BCUT2D eigenvalue weighted by Crippen LogP contribution is -2.29. The largest absolute Gasteiger partial charge is 0.322 e. The summed E-state index contributed by atoms with van der Waals surface area (Å²) in [6, 6.07) is 18.6. The van der Waals surface area contributed by atoms with E-state index in [1.54, 1.807) is 12.1 Å². The Hall–Kier alpha value is -2.92. The molecule has 3 aromatic rings. The Balaban J connectivity index is 0.00000208. The molecule has 0 radical (unpaired) electrons. The van der Waals surface area contributed by atoms with Gasteiger partial charge in [0.2, 0.25) is 0 Å². The maximum atomic E-state index is 12.5. The molecule has 0 saturated carbocycles. The molecule has 3 rings (SSSR count). The van der Waals surface area contributed by atoms with Crippen LogP contribution in [-0.4, -0.2) is 15.5 Å². The summed E-state index contributed by atoms with van der Waals surface area (Å²) in [5, 5.41) is 2.70. The number of benzene rings is 2. The Bertz CT molecular complexity index is 864. The van der Waals surface area contributed by atoms with E-state index >= 15 is 0 Å². The van der Waals surface area contributed by atoms with Gasteiger partial charge in [-0.05, 0) is 17.7 Å². The number of nitrogens with zero attached hydrogens (tertiary/aromatic N) is 2. The van der Waals surface area contributed by atoms with Crippen LogP contribution in [0.3, 0.4) is 0 Å². The van der Waals surface area contributed by atoms with Crippen LogP contribution in [0, 0.1) is 0 Å². The van der Waals surface area contributed by atoms with E-state index in [0.717, 1.165) is 5.56 Å². The highest BCUT2D eigenvalue weighted by atomic mass is 35.5. The van der Waals surface area contributed by atoms with Crippen molar-refractivity contribution in [3.8, 4) is 0 Å². The van der Waals surface area contributed by atoms with Gasteiger partial charge in [-0.15, -0.1) is 12.4 Å². The first kappa shape index (κ1) is 17.4. The average molecular weight is 342 g/mol. The molecule has 1 amide bonds. The minimum atomic E-state index is -0.462. The van der Waals surface area contributed by atoms with E-state index in [9.17, 15) is 9.59 Å². The molecule has 0 atom stereocenters. The summed E-state index contributed by atoms with van der Waals surface area (Å²) < 4.78 is 1.43. The smallest absolute Gasteiger partial charge is 0.266 e. The molecule has 1 heterocycles. The first-order valence-corrected chi connectivity index (χ1v) is 7.19. The van der Waals surface area contributed by atoms with Crippen LogP contribution in [0.1, 0.15) is 15.9 Å². The molecule has 2 aromatic carbocycles. The van der Waals surface area contributed by atoms with Crippen molar-refractivity contribution in [1.29, 1.82) is 0 Å². The van der Waals surface area contributed by atoms with E-state index in [0.29, 0.717) is 12.2 Å². The summed E-state index contributed by atoms with van der Waals surface area (Å²) >= 11 is 0. The molecule has 24 heavy (non-hydrogen) atoms. The summed E-state index contributed by atoms with van der Waals surface area (Å²) in [5.41, 5.74) is 1.26. The van der Waals surface area contributed by atoms with Crippen molar-refractivity contribution < 1.29 is 4.79 Å². The Labute approximate surface area is 145 Å². The SMILES string of the molecule is Cl.O=C(Nc1ccccc1)c1cncn(Cc2ccccc2)c1=O. The van der Waals surface area contributed by atoms with Crippen LogP contribution >= 0.6 is 12.4 Å². The average Bonchev–Trinajstić information content (AvgIpc) is 2.58. The fourth-order valence-electron chi connectivity index (χ4n) is 2.22. The lowest BCUT2D eigenvalue weighted by molar-refractivity contribution is 0.102. The number of rotatable bonds is 4. The van der Waals surface area contributed by atoms with Crippen molar-refractivity contribution in [2.24, 2.45) is 0 Å². The fourth-order valence-corrected chi connectivity index (χ4v) is 2.22. The van der Waals surface area contributed by atoms with Gasteiger partial charge in [-0.1, -0.05) is 48.5 Å². The van der Waals surface area contributed by atoms with Crippen LogP contribution in [0.15, 0.2) is 78.0 Å². The van der Waals surface area contributed by atoms with Gasteiger partial charge in [-0.3, -0.25) is 14.2 Å². The van der Waals surface area contributed by atoms with Gasteiger partial charge in [0.15, 0.2) is 0 Å². The number of hydrogen-bond acceptors (Lipinski definition) is 3. The number of carbonyl (C=O) groups is 1. The van der Waals surface area contributed by atoms with Gasteiger partial charge in [-0.2, -0.15) is 0 Å². The summed E-state index contributed by atoms with van der Waals surface area (Å²) in [5.74, 6) is -0.462. The molecular formula is C18H16ClN3O2. The molecule has 0 aliphatic rings. The van der Waals surface area contributed by atoms with Crippen LogP contribution in [0.2, 0.25) is 0 Å². The van der Waals surface area contributed by atoms with Crippen molar-refractivity contribution in [3.63, 3.8) is 0 Å². The van der Waals surface area contributed by atoms with Gasteiger partial charge in [0, 0.05) is 11.9 Å². The van der Waals surface area contributed by atoms with E-state index in [1.165, 1.54) is 17.1 Å². The molecule has 0 aliphatic carbocycles. The maximum absolute atomic E-state index is 12.5. The molecular weight excluding hydrogens is 326 g/mol. The molecule has 5 nitrogen and oxygen atoms in total. The Morgan fingerprint density at radius 3 is 2.29 bits per heavy atom. The number of anilines is 1. The Morgan fingerprint density at radius 1 is 1.00 bits per heavy atom. The molecule has 0 fully saturated rings. The zero-order chi connectivity index (χ0) is 16.1. The molecule has 0 spiro atoms. The number of hydrogen-bond donors (Lipinski definition) is 1. The number of para-hydroxylation sites is 1. The molecule has 0 saturated heterocycles. The van der Waals surface area contributed by atoms with Crippen LogP contribution in [-0.2, 0) is 6.54 Å². The van der Waals surface area contributed by atoms with Gasteiger partial charge < -0.3 is 5.32 Å². The van der Waals surface area contributed by atoms with Crippen molar-refractivity contribution in [2.75, 3.05) is 5.32 Å². The topological polar surface area (TPSA) is 64.0 Å². The van der Waals surface area contributed by atoms with Gasteiger partial charge in [-0.25, -0.2) is 4.98 Å². The monoisotopic (exact) mass is 341 g/mol. The van der Waals surface area contributed by atoms with Crippen molar-refractivity contribution in [3.05, 3.63) is 94.7 Å². The second kappa shape index (κ2) is 8.08. The number of aromatic nitrogens is 2. The van der Waals surface area contributed by atoms with E-state index in [1.807, 2.05) is 48.5 Å². The highest BCUT2D eigenvalue weighted by Gasteiger charge is 2.13. The fraction of sp³-hybridized carbons (Fsp3) is 0.0556. The summed E-state index contributed by atoms with van der Waals surface area (Å²) in [4.78, 5) is 28.7. The second-order valence-electron chi connectivity index (χ2n) is 5.05. The lowest BCUT2D eigenvalue weighted by atomic mass is 10.2. The van der Waals surface area contributed by atoms with Crippen molar-refractivity contribution >= 4 is 24.0 Å². The van der Waals surface area contributed by atoms with Crippen molar-refractivity contribution in [2.45, 2.75) is 6.54 Å². The highest BCUT2D eigenvalue weighted by Crippen LogP contribution is 2.06. The maximum Gasteiger partial charge on any atom is 0.266 e. The van der Waals surface area contributed by atoms with Crippen LogP contribution in [0.5, 0.6) is 0 Å². The third kappa shape index (κ3) is 4.08. The Morgan fingerprint density at radius 2 is 1.62 bits per heavy atom. The highest BCUT2D eigenvalue weighted by molar-refractivity contribution is 6.03. The minimum Gasteiger partial charge on any atom is -0.322 e.